The zero-order chi connectivity index (χ0) is 25.5. The molecule has 0 saturated carbocycles. The lowest BCUT2D eigenvalue weighted by Crippen LogP contribution is -2.43. The van der Waals surface area contributed by atoms with E-state index < -0.39 is 29.1 Å². The van der Waals surface area contributed by atoms with Crippen molar-refractivity contribution in [3.63, 3.8) is 0 Å². The molecule has 0 aliphatic carbocycles. The third-order valence-corrected chi connectivity index (χ3v) is 5.92. The summed E-state index contributed by atoms with van der Waals surface area (Å²) in [4.78, 5) is 26.4. The summed E-state index contributed by atoms with van der Waals surface area (Å²) >= 11 is 0. The second-order valence-electron chi connectivity index (χ2n) is 9.09. The molecule has 0 spiro atoms. The quantitative estimate of drug-likeness (QED) is 0.344. The number of ether oxygens (including phenoxy) is 1. The molecule has 0 radical (unpaired) electrons. The lowest BCUT2D eigenvalue weighted by molar-refractivity contribution is -0.137. The number of nitrogens with zero attached hydrogens (tertiary/aromatic N) is 1. The first-order chi connectivity index (χ1) is 16.3. The van der Waals surface area contributed by atoms with Crippen LogP contribution in [0.1, 0.15) is 37.5 Å². The number of halogens is 3. The normalized spacial score (nSPS) is 15.0. The number of H-pyrrole nitrogens is 1. The molecule has 1 aromatic heterocycles. The standard InChI is InChI=1S/C23H25F3N4O5/c1-22(2,5-6-30-17-4-3-12(23(24,25)26)7-15(17)29-21(30)34)27-10-18(32)14-8-13(31)9-16-20(14)35-11-19(33)28-16/h3-4,7-9,18,27,31-32H,5-6,10-11H2,1-2H3,(H,28,33)(H,29,34)/t18-/m0/s1. The first kappa shape index (κ1) is 24.6. The van der Waals surface area contributed by atoms with Gasteiger partial charge in [0.2, 0.25) is 0 Å². The number of β-amino-alcohol motifs (C(OH)–C–C–N with tert-alkyl or cyclic N) is 1. The van der Waals surface area contributed by atoms with E-state index in [1.165, 1.54) is 22.8 Å². The zero-order valence-electron chi connectivity index (χ0n) is 19.0. The maximum absolute atomic E-state index is 13.0. The zero-order valence-corrected chi connectivity index (χ0v) is 19.0. The van der Waals surface area contributed by atoms with Gasteiger partial charge < -0.3 is 30.6 Å². The highest BCUT2D eigenvalue weighted by molar-refractivity contribution is 5.96. The number of aliphatic hydroxyl groups is 1. The molecule has 188 valence electrons. The molecule has 5 N–H and O–H groups in total. The number of hydrogen-bond acceptors (Lipinski definition) is 6. The molecule has 1 aliphatic heterocycles. The van der Waals surface area contributed by atoms with E-state index in [0.29, 0.717) is 17.5 Å². The number of anilines is 1. The lowest BCUT2D eigenvalue weighted by Gasteiger charge is -2.29. The van der Waals surface area contributed by atoms with Gasteiger partial charge in [0.25, 0.3) is 5.91 Å². The van der Waals surface area contributed by atoms with Crippen molar-refractivity contribution < 1.29 is 32.9 Å². The number of alkyl halides is 3. The number of carbonyl (C=O) groups excluding carboxylic acids is 1. The van der Waals surface area contributed by atoms with Crippen molar-refractivity contribution in [3.05, 3.63) is 51.9 Å². The average Bonchev–Trinajstić information content (AvgIpc) is 3.08. The number of aromatic nitrogens is 2. The number of hydrogen-bond donors (Lipinski definition) is 5. The van der Waals surface area contributed by atoms with Gasteiger partial charge in [-0.15, -0.1) is 0 Å². The van der Waals surface area contributed by atoms with Crippen LogP contribution in [0.15, 0.2) is 35.1 Å². The highest BCUT2D eigenvalue weighted by Gasteiger charge is 2.31. The number of aromatic amines is 1. The molecule has 2 aromatic carbocycles. The Hall–Kier alpha value is -3.51. The molecule has 12 heteroatoms. The third kappa shape index (κ3) is 5.28. The number of amides is 1. The number of fused-ring (bicyclic) bond motifs is 2. The van der Waals surface area contributed by atoms with Gasteiger partial charge in [-0.05, 0) is 44.5 Å². The van der Waals surface area contributed by atoms with Gasteiger partial charge in [-0.2, -0.15) is 13.2 Å². The SMILES string of the molecule is CC(C)(CCn1c(=O)[nH]c2cc(C(F)(F)F)ccc21)NC[C@H](O)c1cc(O)cc2c1OCC(=O)N2. The minimum atomic E-state index is -4.51. The number of aliphatic hydroxyl groups excluding tert-OH is 1. The first-order valence-electron chi connectivity index (χ1n) is 10.9. The Kier molecular flexibility index (Phi) is 6.28. The number of imidazole rings is 1. The number of benzene rings is 2. The number of nitrogens with one attached hydrogen (secondary N) is 3. The molecular formula is C23H25F3N4O5. The first-order valence-corrected chi connectivity index (χ1v) is 10.9. The maximum atomic E-state index is 13.0. The molecule has 0 unspecified atom stereocenters. The van der Waals surface area contributed by atoms with Gasteiger partial charge in [0.15, 0.2) is 6.61 Å². The Labute approximate surface area is 197 Å². The summed E-state index contributed by atoms with van der Waals surface area (Å²) in [6.07, 6.45) is -5.18. The van der Waals surface area contributed by atoms with Gasteiger partial charge in [-0.3, -0.25) is 9.36 Å². The molecule has 0 bridgehead atoms. The summed E-state index contributed by atoms with van der Waals surface area (Å²) in [5, 5.41) is 26.5. The van der Waals surface area contributed by atoms with Crippen LogP contribution < -0.4 is 21.1 Å². The maximum Gasteiger partial charge on any atom is 0.416 e. The minimum absolute atomic E-state index is 0.0674. The van der Waals surface area contributed by atoms with E-state index in [-0.39, 0.29) is 48.3 Å². The predicted molar refractivity (Wildman–Crippen MR) is 121 cm³/mol. The van der Waals surface area contributed by atoms with E-state index in [1.54, 1.807) is 0 Å². The van der Waals surface area contributed by atoms with E-state index in [2.05, 4.69) is 15.6 Å². The van der Waals surface area contributed by atoms with Crippen molar-refractivity contribution in [2.75, 3.05) is 18.5 Å². The van der Waals surface area contributed by atoms with Gasteiger partial charge in [0, 0.05) is 30.3 Å². The fourth-order valence-corrected chi connectivity index (χ4v) is 3.99. The summed E-state index contributed by atoms with van der Waals surface area (Å²) in [6.45, 7) is 3.79. The third-order valence-electron chi connectivity index (χ3n) is 5.92. The van der Waals surface area contributed by atoms with Crippen LogP contribution in [0.4, 0.5) is 18.9 Å². The monoisotopic (exact) mass is 494 g/mol. The Morgan fingerprint density at radius 2 is 1.94 bits per heavy atom. The fraction of sp³-hybridized carbons (Fsp3) is 0.391. The van der Waals surface area contributed by atoms with Crippen LogP contribution in [0.3, 0.4) is 0 Å². The Morgan fingerprint density at radius 3 is 2.66 bits per heavy atom. The van der Waals surface area contributed by atoms with Crippen molar-refractivity contribution in [1.29, 1.82) is 0 Å². The number of carbonyl (C=O) groups is 1. The Morgan fingerprint density at radius 1 is 1.20 bits per heavy atom. The van der Waals surface area contributed by atoms with Crippen molar-refractivity contribution in [2.24, 2.45) is 0 Å². The molecule has 1 aliphatic rings. The molecule has 1 atom stereocenters. The average molecular weight is 494 g/mol. The Bertz CT molecular complexity index is 1330. The molecule has 0 fully saturated rings. The van der Waals surface area contributed by atoms with Crippen molar-refractivity contribution in [2.45, 2.75) is 44.6 Å². The number of aryl methyl sites for hydroxylation is 1. The van der Waals surface area contributed by atoms with Crippen molar-refractivity contribution in [3.8, 4) is 11.5 Å². The number of phenolic OH excluding ortho intramolecular Hbond substituents is 1. The van der Waals surface area contributed by atoms with Gasteiger partial charge in [0.1, 0.15) is 11.5 Å². The second kappa shape index (κ2) is 8.93. The van der Waals surface area contributed by atoms with E-state index >= 15 is 0 Å². The van der Waals surface area contributed by atoms with Crippen molar-refractivity contribution >= 4 is 22.6 Å². The van der Waals surface area contributed by atoms with Gasteiger partial charge >= 0.3 is 11.9 Å². The van der Waals surface area contributed by atoms with Crippen LogP contribution in [0.25, 0.3) is 11.0 Å². The molecule has 4 rings (SSSR count). The van der Waals surface area contributed by atoms with Crippen LogP contribution in [-0.2, 0) is 17.5 Å². The van der Waals surface area contributed by atoms with Crippen LogP contribution >= 0.6 is 0 Å². The van der Waals surface area contributed by atoms with Gasteiger partial charge in [0.05, 0.1) is 28.4 Å². The van der Waals surface area contributed by atoms with Gasteiger partial charge in [-0.1, -0.05) is 0 Å². The Balaban J connectivity index is 1.44. The van der Waals surface area contributed by atoms with E-state index in [0.717, 1.165) is 12.1 Å². The topological polar surface area (TPSA) is 129 Å². The summed E-state index contributed by atoms with van der Waals surface area (Å²) in [6, 6.07) is 5.80. The molecule has 1 amide bonds. The summed E-state index contributed by atoms with van der Waals surface area (Å²) in [5.74, 6) is -0.238. The largest absolute Gasteiger partial charge is 0.508 e. The summed E-state index contributed by atoms with van der Waals surface area (Å²) in [5.41, 5.74) is -0.899. The van der Waals surface area contributed by atoms with E-state index in [4.69, 9.17) is 4.74 Å². The molecular weight excluding hydrogens is 469 g/mol. The molecule has 9 nitrogen and oxygen atoms in total. The number of phenols is 1. The van der Waals surface area contributed by atoms with E-state index in [1.807, 2.05) is 13.8 Å². The van der Waals surface area contributed by atoms with Crippen molar-refractivity contribution in [1.82, 2.24) is 14.9 Å². The highest BCUT2D eigenvalue weighted by Crippen LogP contribution is 2.39. The number of rotatable bonds is 7. The summed E-state index contributed by atoms with van der Waals surface area (Å²) in [7, 11) is 0. The van der Waals surface area contributed by atoms with Gasteiger partial charge in [-0.25, -0.2) is 4.79 Å². The molecule has 35 heavy (non-hydrogen) atoms. The second-order valence-corrected chi connectivity index (χ2v) is 9.09. The van der Waals surface area contributed by atoms with Crippen LogP contribution in [0.5, 0.6) is 11.5 Å². The number of aromatic hydroxyl groups is 1. The fourth-order valence-electron chi connectivity index (χ4n) is 3.99. The highest BCUT2D eigenvalue weighted by atomic mass is 19.4. The van der Waals surface area contributed by atoms with E-state index in [9.17, 15) is 33.0 Å². The van der Waals surface area contributed by atoms with Crippen LogP contribution in [0, 0.1) is 0 Å². The minimum Gasteiger partial charge on any atom is -0.508 e. The van der Waals surface area contributed by atoms with Crippen LogP contribution in [-0.4, -0.2) is 44.4 Å². The predicted octanol–water partition coefficient (Wildman–Crippen LogP) is 2.88. The molecule has 0 saturated heterocycles. The smallest absolute Gasteiger partial charge is 0.416 e. The molecule has 2 heterocycles. The lowest BCUT2D eigenvalue weighted by atomic mass is 9.99. The van der Waals surface area contributed by atoms with Crippen LogP contribution in [0.2, 0.25) is 0 Å². The molecule has 3 aromatic rings. The summed E-state index contributed by atoms with van der Waals surface area (Å²) < 4.78 is 45.7.